The van der Waals surface area contributed by atoms with Crippen LogP contribution in [0.15, 0.2) is 97.1 Å². The van der Waals surface area contributed by atoms with E-state index in [4.69, 9.17) is 0 Å². The summed E-state index contributed by atoms with van der Waals surface area (Å²) in [7, 11) is 0. The Bertz CT molecular complexity index is 2110. The van der Waals surface area contributed by atoms with E-state index in [9.17, 15) is 13.2 Å². The van der Waals surface area contributed by atoms with Gasteiger partial charge in [0.15, 0.2) is 0 Å². The maximum Gasteiger partial charge on any atom is -1.00 e. The summed E-state index contributed by atoms with van der Waals surface area (Å²) in [5.74, 6) is 0. The Balaban J connectivity index is 0.00000325. The van der Waals surface area contributed by atoms with Crippen molar-refractivity contribution in [3.05, 3.63) is 147 Å². The van der Waals surface area contributed by atoms with Crippen molar-refractivity contribution in [3.63, 3.8) is 0 Å². The van der Waals surface area contributed by atoms with Crippen molar-refractivity contribution < 1.29 is 59.3 Å². The maximum atomic E-state index is 14.4. The van der Waals surface area contributed by atoms with Gasteiger partial charge in [0, 0.05) is 0 Å². The van der Waals surface area contributed by atoms with E-state index in [2.05, 4.69) is 138 Å². The molecule has 0 amide bonds. The van der Waals surface area contributed by atoms with Crippen molar-refractivity contribution in [2.24, 2.45) is 0 Å². The summed E-state index contributed by atoms with van der Waals surface area (Å²) in [6.07, 6.45) is 5.33. The fourth-order valence-electron chi connectivity index (χ4n) is 8.30. The third-order valence-electron chi connectivity index (χ3n) is 10.7. The van der Waals surface area contributed by atoms with Crippen LogP contribution in [0.5, 0.6) is 0 Å². The van der Waals surface area contributed by atoms with E-state index in [0.29, 0.717) is 5.56 Å². The second-order valence-corrected chi connectivity index (χ2v) is 25.1. The zero-order chi connectivity index (χ0) is 38.2. The molecule has 0 bridgehead atoms. The van der Waals surface area contributed by atoms with Crippen LogP contribution in [-0.4, -0.2) is 3.21 Å². The largest absolute Gasteiger partial charge is 1.00 e. The van der Waals surface area contributed by atoms with Gasteiger partial charge >= 0.3 is 320 Å². The Labute approximate surface area is 342 Å². The molecular formula is C48H55Cl2F3Zr. The van der Waals surface area contributed by atoms with Gasteiger partial charge in [-0.1, -0.05) is 0 Å². The Hall–Kier alpha value is -2.52. The minimum absolute atomic E-state index is 0. The third kappa shape index (κ3) is 8.57. The summed E-state index contributed by atoms with van der Waals surface area (Å²) in [5, 5.41) is 0. The molecule has 4 aromatic rings. The number of benzene rings is 4. The molecule has 6 heteroatoms. The summed E-state index contributed by atoms with van der Waals surface area (Å²) in [5.41, 5.74) is 11.6. The molecular weight excluding hydrogens is 796 g/mol. The zero-order valence-corrected chi connectivity index (χ0v) is 37.9. The summed E-state index contributed by atoms with van der Waals surface area (Å²) in [6.45, 7) is 27.8. The van der Waals surface area contributed by atoms with E-state index >= 15 is 0 Å². The molecule has 0 radical (unpaired) electrons. The molecule has 0 nitrogen and oxygen atoms in total. The molecule has 0 spiro atoms. The zero-order valence-electron chi connectivity index (χ0n) is 33.9. The normalized spacial score (nSPS) is 14.7. The van der Waals surface area contributed by atoms with E-state index in [1.165, 1.54) is 59.9 Å². The monoisotopic (exact) mass is 848 g/mol. The summed E-state index contributed by atoms with van der Waals surface area (Å²) >= 11 is -3.32. The predicted molar refractivity (Wildman–Crippen MR) is 212 cm³/mol. The van der Waals surface area contributed by atoms with E-state index in [1.54, 1.807) is 6.07 Å². The Morgan fingerprint density at radius 3 is 1.61 bits per heavy atom. The molecule has 0 aliphatic heterocycles. The molecule has 4 aromatic carbocycles. The summed E-state index contributed by atoms with van der Waals surface area (Å²) in [6, 6.07) is 23.9. The van der Waals surface area contributed by atoms with Gasteiger partial charge in [-0.15, -0.1) is 0 Å². The van der Waals surface area contributed by atoms with Crippen molar-refractivity contribution in [1.29, 1.82) is 0 Å². The van der Waals surface area contributed by atoms with Gasteiger partial charge in [-0.2, -0.15) is 0 Å². The van der Waals surface area contributed by atoms with Crippen LogP contribution in [0.4, 0.5) is 13.2 Å². The molecule has 54 heavy (non-hydrogen) atoms. The van der Waals surface area contributed by atoms with Crippen LogP contribution in [0.2, 0.25) is 3.63 Å². The average Bonchev–Trinajstić information content (AvgIpc) is 3.69. The van der Waals surface area contributed by atoms with Crippen molar-refractivity contribution >= 4 is 6.48 Å². The molecule has 286 valence electrons. The first-order valence-corrected chi connectivity index (χ1v) is 22.6. The van der Waals surface area contributed by atoms with Gasteiger partial charge in [0.2, 0.25) is 0 Å². The van der Waals surface area contributed by atoms with Crippen molar-refractivity contribution in [3.8, 4) is 11.1 Å². The Morgan fingerprint density at radius 1 is 0.574 bits per heavy atom. The number of allylic oxidation sites excluding steroid dienone is 4. The van der Waals surface area contributed by atoms with E-state index in [0.717, 1.165) is 15.2 Å². The van der Waals surface area contributed by atoms with Crippen LogP contribution in [0.1, 0.15) is 133 Å². The number of fused-ring (bicyclic) bond motifs is 3. The van der Waals surface area contributed by atoms with E-state index in [1.807, 2.05) is 24.3 Å². The van der Waals surface area contributed by atoms with Crippen LogP contribution in [0, 0.1) is 0 Å². The molecule has 0 N–H and O–H groups in total. The van der Waals surface area contributed by atoms with Gasteiger partial charge in [-0.05, 0) is 0 Å². The number of hydrogen-bond donors (Lipinski definition) is 0. The van der Waals surface area contributed by atoms with Gasteiger partial charge in [0.25, 0.3) is 0 Å². The van der Waals surface area contributed by atoms with Crippen molar-refractivity contribution in [2.75, 3.05) is 0 Å². The average molecular weight is 851 g/mol. The third-order valence-corrected chi connectivity index (χ3v) is 18.7. The standard InChI is InChI=1S/C29H41.C14H9F3.C5H5.2ClH.Zr/c1-26(2,3)22-14-18-13-19-15-23(27(4,5)6)25(29(10,11)12)17-21(19)20(18)16-24(22)28(7,8)9;15-14(16,17)13-8-4-7-12(10-13)9-11-5-2-1-3-6-11;1-2-4-5-3-1;;;/h14,16-17H,13H2,1-12H3;1-8,10H;1-5H;2*1H;/q;;;;;+2/p-2. The molecule has 0 saturated carbocycles. The molecule has 2 aliphatic rings. The van der Waals surface area contributed by atoms with E-state index in [-0.39, 0.29) is 50.1 Å². The first kappa shape index (κ1) is 44.2. The second-order valence-electron chi connectivity index (χ2n) is 19.0. The van der Waals surface area contributed by atoms with Gasteiger partial charge in [-0.3, -0.25) is 0 Å². The fraction of sp³-hybridized carbons (Fsp3) is 0.396. The van der Waals surface area contributed by atoms with Crippen LogP contribution >= 0.6 is 0 Å². The SMILES string of the molecule is CC(C)(C)c1cc2c(cc1C(C)(C)C)-c1cc(C(C)(C)C)c(C(C)(C)C)[c]([Zr+2](=[C](c3ccccc3)c3cccc(C(F)(F)F)c3)[CH]3C=CC=C3)c1C2.[Cl-].[Cl-]. The second kappa shape index (κ2) is 15.4. The molecule has 0 aromatic heterocycles. The smallest absolute Gasteiger partial charge is 1.00 e. The van der Waals surface area contributed by atoms with Gasteiger partial charge in [0.1, 0.15) is 0 Å². The minimum Gasteiger partial charge on any atom is -1.00 e. The first-order chi connectivity index (χ1) is 24.0. The molecule has 0 atom stereocenters. The molecule has 6 rings (SSSR count). The molecule has 2 aliphatic carbocycles. The van der Waals surface area contributed by atoms with Gasteiger partial charge < -0.3 is 24.8 Å². The number of halogens is 5. The Morgan fingerprint density at radius 2 is 1.09 bits per heavy atom. The fourth-order valence-corrected chi connectivity index (χ4v) is 17.6. The van der Waals surface area contributed by atoms with Crippen molar-refractivity contribution in [2.45, 2.75) is 121 Å². The van der Waals surface area contributed by atoms with Crippen LogP contribution in [0.25, 0.3) is 11.1 Å². The predicted octanol–water partition coefficient (Wildman–Crippen LogP) is 6.90. The van der Waals surface area contributed by atoms with Gasteiger partial charge in [-0.25, -0.2) is 0 Å². The first-order valence-electron chi connectivity index (χ1n) is 18.7. The topological polar surface area (TPSA) is 0 Å². The maximum absolute atomic E-state index is 14.4. The quantitative estimate of drug-likeness (QED) is 0.185. The van der Waals surface area contributed by atoms with Crippen molar-refractivity contribution in [1.82, 2.24) is 0 Å². The molecule has 0 unspecified atom stereocenters. The molecule has 0 heterocycles. The summed E-state index contributed by atoms with van der Waals surface area (Å²) in [4.78, 5) is 0. The van der Waals surface area contributed by atoms with Crippen LogP contribution in [0.3, 0.4) is 0 Å². The van der Waals surface area contributed by atoms with Gasteiger partial charge in [0.05, 0.1) is 0 Å². The minimum atomic E-state index is -4.43. The van der Waals surface area contributed by atoms with Crippen LogP contribution < -0.4 is 28.1 Å². The molecule has 0 fully saturated rings. The van der Waals surface area contributed by atoms with Crippen LogP contribution in [-0.2, 0) is 55.5 Å². The number of hydrogen-bond acceptors (Lipinski definition) is 0. The number of rotatable bonds is 4. The molecule has 0 saturated heterocycles. The Kier molecular flexibility index (Phi) is 12.6. The summed E-state index contributed by atoms with van der Waals surface area (Å²) < 4.78 is 46.0. The number of alkyl halides is 3. The van der Waals surface area contributed by atoms with E-state index < -0.39 is 33.0 Å².